The molecule has 84 valence electrons. The van der Waals surface area contributed by atoms with Gasteiger partial charge in [0.05, 0.1) is 11.0 Å². The molecule has 0 saturated carbocycles. The first-order chi connectivity index (χ1) is 8.36. The first kappa shape index (κ1) is 10.0. The van der Waals surface area contributed by atoms with E-state index in [-0.39, 0.29) is 0 Å². The maximum atomic E-state index is 4.58. The minimum atomic E-state index is 0.929. The van der Waals surface area contributed by atoms with Crippen LogP contribution in [0.15, 0.2) is 36.0 Å². The van der Waals surface area contributed by atoms with Crippen molar-refractivity contribution >= 4 is 28.9 Å². The summed E-state index contributed by atoms with van der Waals surface area (Å²) in [6.45, 7) is 3.77. The van der Waals surface area contributed by atoms with E-state index < -0.39 is 0 Å². The number of imidazole rings is 1. The van der Waals surface area contributed by atoms with Gasteiger partial charge < -0.3 is 4.98 Å². The maximum Gasteiger partial charge on any atom is 0.135 e. The van der Waals surface area contributed by atoms with E-state index in [1.807, 2.05) is 30.6 Å². The molecule has 3 rings (SSSR count). The van der Waals surface area contributed by atoms with Gasteiger partial charge in [0.25, 0.3) is 0 Å². The van der Waals surface area contributed by atoms with E-state index in [4.69, 9.17) is 0 Å². The number of hydrogen-bond acceptors (Lipinski definition) is 2. The third-order valence-electron chi connectivity index (χ3n) is 2.92. The maximum absolute atomic E-state index is 4.58. The highest BCUT2D eigenvalue weighted by molar-refractivity contribution is 5.82. The topological polar surface area (TPSA) is 41.0 Å². The second-order valence-corrected chi connectivity index (χ2v) is 4.09. The average Bonchev–Trinajstić information content (AvgIpc) is 2.82. The highest BCUT2D eigenvalue weighted by atomic mass is 14.9. The number of fused-ring (bicyclic) bond motifs is 1. The Kier molecular flexibility index (Phi) is 2.37. The number of allylic oxidation sites excluding steroid dienone is 1. The fraction of sp³-hybridized carbons (Fsp3) is 0.143. The SMILES string of the molecule is C=Cc1ccc2nc(C3=CN=CCC3)[nH]c2c1. The molecule has 3 heteroatoms. The molecule has 1 aromatic heterocycles. The van der Waals surface area contributed by atoms with E-state index in [1.54, 1.807) is 0 Å². The van der Waals surface area contributed by atoms with Crippen molar-refractivity contribution in [2.75, 3.05) is 0 Å². The average molecular weight is 223 g/mol. The molecule has 0 fully saturated rings. The summed E-state index contributed by atoms with van der Waals surface area (Å²) in [7, 11) is 0. The number of nitrogens with zero attached hydrogens (tertiary/aromatic N) is 2. The minimum Gasteiger partial charge on any atom is -0.338 e. The van der Waals surface area contributed by atoms with Crippen LogP contribution in [0, 0.1) is 0 Å². The normalized spacial score (nSPS) is 14.9. The third-order valence-corrected chi connectivity index (χ3v) is 2.92. The number of aromatic nitrogens is 2. The number of hydrogen-bond donors (Lipinski definition) is 1. The molecule has 0 unspecified atom stereocenters. The molecule has 1 N–H and O–H groups in total. The first-order valence-electron chi connectivity index (χ1n) is 5.70. The van der Waals surface area contributed by atoms with Crippen LogP contribution in [0.1, 0.15) is 24.2 Å². The third kappa shape index (κ3) is 1.80. The van der Waals surface area contributed by atoms with E-state index in [1.165, 1.54) is 5.57 Å². The summed E-state index contributed by atoms with van der Waals surface area (Å²) in [5.41, 5.74) is 4.31. The zero-order valence-corrected chi connectivity index (χ0v) is 9.48. The van der Waals surface area contributed by atoms with Crippen molar-refractivity contribution in [3.63, 3.8) is 0 Å². The van der Waals surface area contributed by atoms with Crippen LogP contribution in [0.5, 0.6) is 0 Å². The van der Waals surface area contributed by atoms with Crippen LogP contribution in [-0.4, -0.2) is 16.2 Å². The van der Waals surface area contributed by atoms with Crippen LogP contribution in [0.25, 0.3) is 22.7 Å². The lowest BCUT2D eigenvalue weighted by atomic mass is 10.1. The molecule has 0 atom stereocenters. The van der Waals surface area contributed by atoms with Gasteiger partial charge in [-0.3, -0.25) is 4.99 Å². The standard InChI is InChI=1S/C14H13N3/c1-2-10-5-6-12-13(8-10)17-14(16-12)11-4-3-7-15-9-11/h2,5-9H,1,3-4H2,(H,16,17). The minimum absolute atomic E-state index is 0.929. The van der Waals surface area contributed by atoms with Crippen molar-refractivity contribution in [2.45, 2.75) is 12.8 Å². The monoisotopic (exact) mass is 223 g/mol. The molecule has 0 amide bonds. The first-order valence-corrected chi connectivity index (χ1v) is 5.70. The van der Waals surface area contributed by atoms with Crippen molar-refractivity contribution in [1.82, 2.24) is 9.97 Å². The van der Waals surface area contributed by atoms with Crippen LogP contribution in [-0.2, 0) is 0 Å². The van der Waals surface area contributed by atoms with Gasteiger partial charge in [-0.05, 0) is 30.5 Å². The van der Waals surface area contributed by atoms with Crippen LogP contribution < -0.4 is 0 Å². The van der Waals surface area contributed by atoms with E-state index in [0.717, 1.165) is 35.3 Å². The molecule has 17 heavy (non-hydrogen) atoms. The molecule has 0 bridgehead atoms. The van der Waals surface area contributed by atoms with Crippen LogP contribution in [0.3, 0.4) is 0 Å². The Morgan fingerprint density at radius 1 is 1.35 bits per heavy atom. The summed E-state index contributed by atoms with van der Waals surface area (Å²) in [6, 6.07) is 6.10. The number of benzene rings is 1. The van der Waals surface area contributed by atoms with Gasteiger partial charge in [-0.2, -0.15) is 0 Å². The number of nitrogens with one attached hydrogen (secondary N) is 1. The molecule has 1 aliphatic rings. The van der Waals surface area contributed by atoms with Crippen molar-refractivity contribution in [3.05, 3.63) is 42.4 Å². The van der Waals surface area contributed by atoms with Crippen molar-refractivity contribution in [1.29, 1.82) is 0 Å². The molecule has 1 aromatic carbocycles. The Morgan fingerprint density at radius 3 is 3.06 bits per heavy atom. The van der Waals surface area contributed by atoms with E-state index in [9.17, 15) is 0 Å². The summed E-state index contributed by atoms with van der Waals surface area (Å²) in [5.74, 6) is 0.929. The number of H-pyrrole nitrogens is 1. The van der Waals surface area contributed by atoms with E-state index in [0.29, 0.717) is 0 Å². The largest absolute Gasteiger partial charge is 0.338 e. The van der Waals surface area contributed by atoms with Gasteiger partial charge in [-0.25, -0.2) is 4.98 Å². The van der Waals surface area contributed by atoms with Gasteiger partial charge in [0, 0.05) is 18.0 Å². The quantitative estimate of drug-likeness (QED) is 0.832. The molecule has 3 nitrogen and oxygen atoms in total. The van der Waals surface area contributed by atoms with Crippen molar-refractivity contribution in [2.24, 2.45) is 4.99 Å². The van der Waals surface area contributed by atoms with Crippen LogP contribution in [0.4, 0.5) is 0 Å². The summed E-state index contributed by atoms with van der Waals surface area (Å²) in [4.78, 5) is 12.1. The van der Waals surface area contributed by atoms with Gasteiger partial charge in [0.15, 0.2) is 0 Å². The smallest absolute Gasteiger partial charge is 0.135 e. The molecule has 2 aromatic rings. The van der Waals surface area contributed by atoms with Crippen molar-refractivity contribution in [3.8, 4) is 0 Å². The molecule has 0 aliphatic carbocycles. The molecule has 2 heterocycles. The molecule has 0 saturated heterocycles. The summed E-state index contributed by atoms with van der Waals surface area (Å²) in [5, 5.41) is 0. The number of aromatic amines is 1. The lowest BCUT2D eigenvalue weighted by molar-refractivity contribution is 1.07. The van der Waals surface area contributed by atoms with Crippen LogP contribution in [0.2, 0.25) is 0 Å². The lowest BCUT2D eigenvalue weighted by Gasteiger charge is -2.03. The second-order valence-electron chi connectivity index (χ2n) is 4.09. The zero-order chi connectivity index (χ0) is 11.7. The highest BCUT2D eigenvalue weighted by Crippen LogP contribution is 2.23. The molecule has 0 radical (unpaired) electrons. The Bertz CT molecular complexity index is 632. The van der Waals surface area contributed by atoms with Gasteiger partial charge in [-0.15, -0.1) is 0 Å². The van der Waals surface area contributed by atoms with Gasteiger partial charge in [-0.1, -0.05) is 18.7 Å². The Morgan fingerprint density at radius 2 is 2.29 bits per heavy atom. The van der Waals surface area contributed by atoms with Gasteiger partial charge >= 0.3 is 0 Å². The van der Waals surface area contributed by atoms with Crippen molar-refractivity contribution < 1.29 is 0 Å². The Labute approximate surface area is 99.6 Å². The molecule has 0 spiro atoms. The zero-order valence-electron chi connectivity index (χ0n) is 9.48. The molecule has 1 aliphatic heterocycles. The Balaban J connectivity index is 2.09. The summed E-state index contributed by atoms with van der Waals surface area (Å²) in [6.07, 6.45) is 7.64. The predicted octanol–water partition coefficient (Wildman–Crippen LogP) is 3.41. The summed E-state index contributed by atoms with van der Waals surface area (Å²) >= 11 is 0. The van der Waals surface area contributed by atoms with Gasteiger partial charge in [0.2, 0.25) is 0 Å². The number of aliphatic imine (C=N–C) groups is 1. The lowest BCUT2D eigenvalue weighted by Crippen LogP contribution is -1.92. The van der Waals surface area contributed by atoms with E-state index >= 15 is 0 Å². The predicted molar refractivity (Wildman–Crippen MR) is 71.9 cm³/mol. The second kappa shape index (κ2) is 4.01. The molecular weight excluding hydrogens is 210 g/mol. The van der Waals surface area contributed by atoms with Gasteiger partial charge in [0.1, 0.15) is 5.82 Å². The van der Waals surface area contributed by atoms with E-state index in [2.05, 4.69) is 27.6 Å². The molecular formula is C14H13N3. The highest BCUT2D eigenvalue weighted by Gasteiger charge is 2.09. The number of rotatable bonds is 2. The fourth-order valence-electron chi connectivity index (χ4n) is 1.99. The summed E-state index contributed by atoms with van der Waals surface area (Å²) < 4.78 is 0. The fourth-order valence-corrected chi connectivity index (χ4v) is 1.99. The van der Waals surface area contributed by atoms with Crippen LogP contribution >= 0.6 is 0 Å². The Hall–Kier alpha value is -2.16.